The number of carbonyl (C=O) groups excluding carboxylic acids is 2. The largest absolute Gasteiger partial charge is 0.419 e. The van der Waals surface area contributed by atoms with E-state index in [2.05, 4.69) is 16.7 Å². The van der Waals surface area contributed by atoms with E-state index in [-0.39, 0.29) is 23.1 Å². The summed E-state index contributed by atoms with van der Waals surface area (Å²) in [6.07, 6.45) is 0.841. The third-order valence-corrected chi connectivity index (χ3v) is 8.47. The lowest BCUT2D eigenvalue weighted by atomic mass is 9.83. The maximum atomic E-state index is 13.8. The number of anilines is 1. The van der Waals surface area contributed by atoms with Crippen molar-refractivity contribution in [2.75, 3.05) is 5.32 Å². The normalized spacial score (nSPS) is 25.0. The minimum absolute atomic E-state index is 0.0517. The number of carbonyl (C=O) groups is 2. The molecule has 1 heterocycles. The maximum Gasteiger partial charge on any atom is 0.419 e. The number of alkyl halides is 3. The first-order valence-corrected chi connectivity index (χ1v) is 13.3. The third-order valence-electron chi connectivity index (χ3n) is 8.47. The van der Waals surface area contributed by atoms with E-state index in [1.54, 1.807) is 31.3 Å². The number of nitrogens with zero attached hydrogens (tertiary/aromatic N) is 1. The zero-order chi connectivity index (χ0) is 28.3. The summed E-state index contributed by atoms with van der Waals surface area (Å²) in [5.41, 5.74) is -0.403. The highest BCUT2D eigenvalue weighted by molar-refractivity contribution is 5.99. The number of amides is 2. The van der Waals surface area contributed by atoms with Crippen LogP contribution in [0.15, 0.2) is 65.0 Å². The van der Waals surface area contributed by atoms with Crippen molar-refractivity contribution >= 4 is 28.4 Å². The van der Waals surface area contributed by atoms with Gasteiger partial charge >= 0.3 is 6.18 Å². The van der Waals surface area contributed by atoms with Gasteiger partial charge in [0.05, 0.1) is 17.0 Å². The molecular formula is C30H27F4N3O3. The van der Waals surface area contributed by atoms with Gasteiger partial charge in [0, 0.05) is 24.7 Å². The van der Waals surface area contributed by atoms with Crippen LogP contribution in [0, 0.1) is 29.5 Å². The van der Waals surface area contributed by atoms with Crippen molar-refractivity contribution in [2.45, 2.75) is 37.9 Å². The monoisotopic (exact) mass is 553 g/mol. The molecule has 2 unspecified atom stereocenters. The molecule has 10 heteroatoms. The van der Waals surface area contributed by atoms with Crippen LogP contribution in [0.3, 0.4) is 0 Å². The summed E-state index contributed by atoms with van der Waals surface area (Å²) in [6.45, 7) is 0. The van der Waals surface area contributed by atoms with Crippen molar-refractivity contribution in [3.63, 3.8) is 0 Å². The highest BCUT2D eigenvalue weighted by Crippen LogP contribution is 2.54. The van der Waals surface area contributed by atoms with E-state index in [0.29, 0.717) is 35.4 Å². The Balaban J connectivity index is 1.32. The number of rotatable bonds is 5. The molecule has 2 N–H and O–H groups in total. The number of pyridine rings is 1. The van der Waals surface area contributed by atoms with Crippen LogP contribution in [0.2, 0.25) is 0 Å². The van der Waals surface area contributed by atoms with E-state index < -0.39 is 46.9 Å². The van der Waals surface area contributed by atoms with E-state index in [1.807, 2.05) is 0 Å². The molecule has 3 fully saturated rings. The molecule has 3 aromatic rings. The molecule has 4 atom stereocenters. The third kappa shape index (κ3) is 4.59. The van der Waals surface area contributed by atoms with E-state index in [0.717, 1.165) is 30.9 Å². The van der Waals surface area contributed by atoms with Crippen molar-refractivity contribution in [2.24, 2.45) is 30.7 Å². The number of hydrogen-bond acceptors (Lipinski definition) is 3. The molecule has 0 aliphatic heterocycles. The average molecular weight is 554 g/mol. The summed E-state index contributed by atoms with van der Waals surface area (Å²) < 4.78 is 55.0. The molecule has 2 bridgehead atoms. The Morgan fingerprint density at radius 1 is 1.00 bits per heavy atom. The van der Waals surface area contributed by atoms with Crippen molar-refractivity contribution in [1.82, 2.24) is 9.88 Å². The van der Waals surface area contributed by atoms with Crippen LogP contribution in [-0.2, 0) is 18.0 Å². The standard InChI is InChI=1S/C30H27F4N3O3/c1-37-24-5-3-2-4-16(24)13-21(29(37)40)27(38)36-26-19-10-9-18(20(19)12-15-6-7-15)25(26)28(39)35-17-8-11-23(31)22(14-17)30(32,33)34/h2-5,8,11-15,18-19,25-26H,6-7,9-10H2,1H3,(H,35,39)(H,36,38)/b20-12-/t18?,19?,25-,26+/m0/s1. The zero-order valence-corrected chi connectivity index (χ0v) is 21.6. The van der Waals surface area contributed by atoms with Gasteiger partial charge in [-0.05, 0) is 73.2 Å². The molecule has 0 spiro atoms. The number of hydrogen-bond donors (Lipinski definition) is 2. The number of aromatic nitrogens is 1. The highest BCUT2D eigenvalue weighted by atomic mass is 19.4. The molecule has 6 rings (SSSR count). The molecule has 208 valence electrons. The maximum absolute atomic E-state index is 13.8. The lowest BCUT2D eigenvalue weighted by molar-refractivity contribution is -0.140. The molecular weight excluding hydrogens is 526 g/mol. The number of fused-ring (bicyclic) bond motifs is 3. The molecule has 6 nitrogen and oxygen atoms in total. The Labute approximate surface area is 227 Å². The molecule has 40 heavy (non-hydrogen) atoms. The molecule has 2 amide bonds. The van der Waals surface area contributed by atoms with E-state index in [9.17, 15) is 31.9 Å². The van der Waals surface area contributed by atoms with Gasteiger partial charge in [-0.3, -0.25) is 14.4 Å². The summed E-state index contributed by atoms with van der Waals surface area (Å²) in [6, 6.07) is 10.4. The van der Waals surface area contributed by atoms with Crippen LogP contribution >= 0.6 is 0 Å². The fraction of sp³-hybridized carbons (Fsp3) is 0.367. The smallest absolute Gasteiger partial charge is 0.348 e. The van der Waals surface area contributed by atoms with Gasteiger partial charge < -0.3 is 15.2 Å². The van der Waals surface area contributed by atoms with Crippen LogP contribution in [-0.4, -0.2) is 22.4 Å². The Morgan fingerprint density at radius 2 is 1.73 bits per heavy atom. The summed E-state index contributed by atoms with van der Waals surface area (Å²) in [5, 5.41) is 6.20. The topological polar surface area (TPSA) is 80.2 Å². The fourth-order valence-electron chi connectivity index (χ4n) is 6.42. The first-order chi connectivity index (χ1) is 19.0. The SMILES string of the molecule is Cn1c(=O)c(C(=O)N[C@@H]2C3CCC(/C3=C/C3CC3)[C@@H]2C(=O)Nc2ccc(F)c(C(F)(F)F)c2)cc2ccccc21. The first-order valence-electron chi connectivity index (χ1n) is 13.3. The molecule has 3 aliphatic carbocycles. The van der Waals surface area contributed by atoms with E-state index >= 15 is 0 Å². The predicted octanol–water partition coefficient (Wildman–Crippen LogP) is 5.43. The van der Waals surface area contributed by atoms with Crippen LogP contribution in [0.25, 0.3) is 10.9 Å². The minimum atomic E-state index is -4.92. The summed E-state index contributed by atoms with van der Waals surface area (Å²) in [7, 11) is 1.59. The summed E-state index contributed by atoms with van der Waals surface area (Å²) >= 11 is 0. The van der Waals surface area contributed by atoms with Crippen LogP contribution in [0.1, 0.15) is 41.6 Å². The van der Waals surface area contributed by atoms with Gasteiger partial charge in [0.2, 0.25) is 5.91 Å². The number of halogens is 4. The molecule has 0 saturated heterocycles. The molecule has 1 aromatic heterocycles. The molecule has 3 aliphatic rings. The Bertz CT molecular complexity index is 1620. The first kappa shape index (κ1) is 26.3. The zero-order valence-electron chi connectivity index (χ0n) is 21.6. The number of nitrogens with one attached hydrogen (secondary N) is 2. The highest BCUT2D eigenvalue weighted by Gasteiger charge is 2.55. The van der Waals surface area contributed by atoms with E-state index in [4.69, 9.17) is 0 Å². The molecule has 3 saturated carbocycles. The van der Waals surface area contributed by atoms with Crippen LogP contribution in [0.4, 0.5) is 23.2 Å². The second-order valence-electron chi connectivity index (χ2n) is 11.0. The van der Waals surface area contributed by atoms with Gasteiger partial charge in [0.25, 0.3) is 11.5 Å². The predicted molar refractivity (Wildman–Crippen MR) is 141 cm³/mol. The lowest BCUT2D eigenvalue weighted by Crippen LogP contribution is -2.49. The van der Waals surface area contributed by atoms with Crippen molar-refractivity contribution in [3.05, 3.63) is 87.5 Å². The Kier molecular flexibility index (Phi) is 6.31. The second kappa shape index (κ2) is 9.60. The Hall–Kier alpha value is -3.95. The molecule has 2 aromatic carbocycles. The van der Waals surface area contributed by atoms with E-state index in [1.165, 1.54) is 10.6 Å². The van der Waals surface area contributed by atoms with Gasteiger partial charge in [-0.25, -0.2) is 4.39 Å². The quantitative estimate of drug-likeness (QED) is 0.327. The number of allylic oxidation sites excluding steroid dienone is 1. The van der Waals surface area contributed by atoms with Gasteiger partial charge in [-0.15, -0.1) is 0 Å². The van der Waals surface area contributed by atoms with Gasteiger partial charge in [0.1, 0.15) is 11.4 Å². The average Bonchev–Trinajstić information content (AvgIpc) is 3.59. The lowest BCUT2D eigenvalue weighted by Gasteiger charge is -2.30. The Morgan fingerprint density at radius 3 is 2.45 bits per heavy atom. The van der Waals surface area contributed by atoms with Crippen molar-refractivity contribution in [3.8, 4) is 0 Å². The van der Waals surface area contributed by atoms with Crippen LogP contribution in [0.5, 0.6) is 0 Å². The van der Waals surface area contributed by atoms with Gasteiger partial charge in [0.15, 0.2) is 0 Å². The fourth-order valence-corrected chi connectivity index (χ4v) is 6.42. The van der Waals surface area contributed by atoms with Gasteiger partial charge in [-0.2, -0.15) is 13.2 Å². The second-order valence-corrected chi connectivity index (χ2v) is 11.0. The summed E-state index contributed by atoms with van der Waals surface area (Å²) in [4.78, 5) is 40.2. The van der Waals surface area contributed by atoms with Crippen molar-refractivity contribution < 1.29 is 27.2 Å². The summed E-state index contributed by atoms with van der Waals surface area (Å²) in [5.74, 6) is -3.21. The number of benzene rings is 2. The van der Waals surface area contributed by atoms with Crippen LogP contribution < -0.4 is 16.2 Å². The van der Waals surface area contributed by atoms with Gasteiger partial charge in [-0.1, -0.05) is 29.8 Å². The number of para-hydroxylation sites is 1. The number of aryl methyl sites for hydroxylation is 1. The van der Waals surface area contributed by atoms with Crippen molar-refractivity contribution in [1.29, 1.82) is 0 Å². The minimum Gasteiger partial charge on any atom is -0.348 e. The molecule has 0 radical (unpaired) electrons.